The quantitative estimate of drug-likeness (QED) is 0.833. The molecule has 0 aliphatic heterocycles. The van der Waals surface area contributed by atoms with Crippen LogP contribution in [0.4, 0.5) is 0 Å². The molecule has 0 bridgehead atoms. The fourth-order valence-electron chi connectivity index (χ4n) is 1.68. The summed E-state index contributed by atoms with van der Waals surface area (Å²) in [7, 11) is 0. The molecule has 0 aliphatic rings. The SMILES string of the molecule is CC(C)CC(C)Oc1nc(Cl)nc(-n2cncn2)n1. The molecule has 2 aromatic heterocycles. The van der Waals surface area contributed by atoms with Crippen LogP contribution >= 0.6 is 11.6 Å². The van der Waals surface area contributed by atoms with Crippen molar-refractivity contribution in [2.75, 3.05) is 0 Å². The largest absolute Gasteiger partial charge is 0.460 e. The fraction of sp³-hybridized carbons (Fsp3) is 0.545. The zero-order chi connectivity index (χ0) is 13.8. The van der Waals surface area contributed by atoms with Crippen molar-refractivity contribution in [2.24, 2.45) is 5.92 Å². The maximum absolute atomic E-state index is 5.85. The molecule has 0 spiro atoms. The first-order valence-corrected chi connectivity index (χ1v) is 6.35. The van der Waals surface area contributed by atoms with E-state index in [-0.39, 0.29) is 23.3 Å². The van der Waals surface area contributed by atoms with Gasteiger partial charge in [-0.2, -0.15) is 24.7 Å². The number of halogens is 1. The van der Waals surface area contributed by atoms with Crippen LogP contribution in [0.1, 0.15) is 27.2 Å². The van der Waals surface area contributed by atoms with Gasteiger partial charge in [0.05, 0.1) is 6.10 Å². The average molecular weight is 283 g/mol. The summed E-state index contributed by atoms with van der Waals surface area (Å²) >= 11 is 5.85. The van der Waals surface area contributed by atoms with E-state index >= 15 is 0 Å². The maximum Gasteiger partial charge on any atom is 0.322 e. The van der Waals surface area contributed by atoms with Crippen LogP contribution in [-0.2, 0) is 0 Å². The van der Waals surface area contributed by atoms with Gasteiger partial charge in [-0.25, -0.2) is 4.98 Å². The molecule has 0 amide bonds. The highest BCUT2D eigenvalue weighted by Gasteiger charge is 2.12. The molecule has 0 N–H and O–H groups in total. The second-order valence-electron chi connectivity index (χ2n) is 4.59. The first kappa shape index (κ1) is 13.7. The van der Waals surface area contributed by atoms with Crippen molar-refractivity contribution in [1.29, 1.82) is 0 Å². The molecule has 19 heavy (non-hydrogen) atoms. The summed E-state index contributed by atoms with van der Waals surface area (Å²) in [4.78, 5) is 15.9. The van der Waals surface area contributed by atoms with Gasteiger partial charge in [0.1, 0.15) is 12.7 Å². The first-order valence-electron chi connectivity index (χ1n) is 5.98. The Hall–Kier alpha value is -1.76. The number of hydrogen-bond acceptors (Lipinski definition) is 6. The van der Waals surface area contributed by atoms with Gasteiger partial charge < -0.3 is 4.74 Å². The van der Waals surface area contributed by atoms with Gasteiger partial charge >= 0.3 is 6.01 Å². The fourth-order valence-corrected chi connectivity index (χ4v) is 1.83. The molecule has 0 radical (unpaired) electrons. The van der Waals surface area contributed by atoms with E-state index in [0.717, 1.165) is 6.42 Å². The van der Waals surface area contributed by atoms with Crippen molar-refractivity contribution in [3.8, 4) is 12.0 Å². The Balaban J connectivity index is 2.18. The lowest BCUT2D eigenvalue weighted by molar-refractivity contribution is 0.177. The number of nitrogens with zero attached hydrogens (tertiary/aromatic N) is 6. The zero-order valence-electron chi connectivity index (χ0n) is 11.0. The summed E-state index contributed by atoms with van der Waals surface area (Å²) in [5.41, 5.74) is 0. The smallest absolute Gasteiger partial charge is 0.322 e. The van der Waals surface area contributed by atoms with Crippen LogP contribution in [0, 0.1) is 5.92 Å². The molecular formula is C11H15ClN6O. The van der Waals surface area contributed by atoms with Gasteiger partial charge in [-0.05, 0) is 30.9 Å². The van der Waals surface area contributed by atoms with E-state index in [9.17, 15) is 0 Å². The molecule has 2 heterocycles. The predicted octanol–water partition coefficient (Wildman–Crippen LogP) is 1.92. The van der Waals surface area contributed by atoms with Crippen LogP contribution in [0.25, 0.3) is 5.95 Å². The zero-order valence-corrected chi connectivity index (χ0v) is 11.7. The first-order chi connectivity index (χ1) is 9.04. The summed E-state index contributed by atoms with van der Waals surface area (Å²) in [5.74, 6) is 0.811. The van der Waals surface area contributed by atoms with Crippen LogP contribution in [-0.4, -0.2) is 35.8 Å². The Labute approximate surface area is 116 Å². The molecule has 1 atom stereocenters. The number of aromatic nitrogens is 6. The molecule has 0 saturated heterocycles. The maximum atomic E-state index is 5.85. The van der Waals surface area contributed by atoms with Crippen LogP contribution in [0.3, 0.4) is 0 Å². The van der Waals surface area contributed by atoms with Crippen molar-refractivity contribution >= 4 is 11.6 Å². The Morgan fingerprint density at radius 2 is 2.05 bits per heavy atom. The lowest BCUT2D eigenvalue weighted by Gasteiger charge is -2.15. The minimum absolute atomic E-state index is 0.00191. The molecule has 0 aromatic carbocycles. The lowest BCUT2D eigenvalue weighted by Crippen LogP contribution is -2.17. The van der Waals surface area contributed by atoms with Crippen molar-refractivity contribution in [3.63, 3.8) is 0 Å². The van der Waals surface area contributed by atoms with Crippen molar-refractivity contribution in [1.82, 2.24) is 29.7 Å². The standard InChI is InChI=1S/C11H15ClN6O/c1-7(2)4-8(3)19-11-16-9(12)15-10(17-11)18-6-13-5-14-18/h5-8H,4H2,1-3H3. The van der Waals surface area contributed by atoms with E-state index < -0.39 is 0 Å². The van der Waals surface area contributed by atoms with Crippen molar-refractivity contribution < 1.29 is 4.74 Å². The summed E-state index contributed by atoms with van der Waals surface area (Å²) in [5, 5.41) is 4.00. The van der Waals surface area contributed by atoms with Gasteiger partial charge in [0.25, 0.3) is 5.95 Å². The van der Waals surface area contributed by atoms with E-state index in [1.54, 1.807) is 0 Å². The Morgan fingerprint density at radius 1 is 1.26 bits per heavy atom. The topological polar surface area (TPSA) is 78.6 Å². The number of ether oxygens (including phenoxy) is 1. The predicted molar refractivity (Wildman–Crippen MR) is 69.3 cm³/mol. The monoisotopic (exact) mass is 282 g/mol. The third kappa shape index (κ3) is 3.85. The minimum Gasteiger partial charge on any atom is -0.460 e. The Morgan fingerprint density at radius 3 is 2.68 bits per heavy atom. The summed E-state index contributed by atoms with van der Waals surface area (Å²) < 4.78 is 7.03. The minimum atomic E-state index is 0.00191. The normalized spacial score (nSPS) is 12.7. The average Bonchev–Trinajstić information content (AvgIpc) is 2.79. The second kappa shape index (κ2) is 5.92. The molecule has 0 aliphatic carbocycles. The highest BCUT2D eigenvalue weighted by molar-refractivity contribution is 6.28. The van der Waals surface area contributed by atoms with Crippen LogP contribution < -0.4 is 4.74 Å². The lowest BCUT2D eigenvalue weighted by atomic mass is 10.1. The van der Waals surface area contributed by atoms with E-state index in [1.165, 1.54) is 17.3 Å². The Kier molecular flexibility index (Phi) is 4.26. The summed E-state index contributed by atoms with van der Waals surface area (Å²) in [6, 6.07) is 0.193. The highest BCUT2D eigenvalue weighted by atomic mass is 35.5. The molecule has 102 valence electrons. The summed E-state index contributed by atoms with van der Waals surface area (Å²) in [6.45, 7) is 6.22. The van der Waals surface area contributed by atoms with Gasteiger partial charge in [-0.1, -0.05) is 13.8 Å². The van der Waals surface area contributed by atoms with E-state index in [0.29, 0.717) is 5.92 Å². The Bertz CT molecular complexity index is 530. The third-order valence-corrected chi connectivity index (χ3v) is 2.48. The second-order valence-corrected chi connectivity index (χ2v) is 4.92. The molecule has 2 aromatic rings. The summed E-state index contributed by atoms with van der Waals surface area (Å²) in [6.07, 6.45) is 3.77. The van der Waals surface area contributed by atoms with E-state index in [2.05, 4.69) is 38.9 Å². The molecule has 2 rings (SSSR count). The van der Waals surface area contributed by atoms with Crippen molar-refractivity contribution in [3.05, 3.63) is 17.9 Å². The number of hydrogen-bond donors (Lipinski definition) is 0. The van der Waals surface area contributed by atoms with E-state index in [4.69, 9.17) is 16.3 Å². The van der Waals surface area contributed by atoms with E-state index in [1.807, 2.05) is 6.92 Å². The van der Waals surface area contributed by atoms with Crippen LogP contribution in [0.5, 0.6) is 6.01 Å². The number of rotatable bonds is 5. The molecule has 0 saturated carbocycles. The highest BCUT2D eigenvalue weighted by Crippen LogP contribution is 2.14. The van der Waals surface area contributed by atoms with Gasteiger partial charge in [-0.15, -0.1) is 0 Å². The van der Waals surface area contributed by atoms with Crippen LogP contribution in [0.15, 0.2) is 12.7 Å². The van der Waals surface area contributed by atoms with Crippen molar-refractivity contribution in [2.45, 2.75) is 33.3 Å². The van der Waals surface area contributed by atoms with Gasteiger partial charge in [0.15, 0.2) is 0 Å². The molecule has 0 fully saturated rings. The molecule has 1 unspecified atom stereocenters. The third-order valence-electron chi connectivity index (χ3n) is 2.31. The molecular weight excluding hydrogens is 268 g/mol. The van der Waals surface area contributed by atoms with Gasteiger partial charge in [0, 0.05) is 0 Å². The van der Waals surface area contributed by atoms with Gasteiger partial charge in [-0.3, -0.25) is 0 Å². The van der Waals surface area contributed by atoms with Crippen LogP contribution in [0.2, 0.25) is 5.28 Å². The molecule has 8 heteroatoms. The molecule has 7 nitrogen and oxygen atoms in total. The van der Waals surface area contributed by atoms with Gasteiger partial charge in [0.2, 0.25) is 5.28 Å².